The fourth-order valence-corrected chi connectivity index (χ4v) is 4.59. The Balaban J connectivity index is 0.000000245. The molecule has 0 spiro atoms. The van der Waals surface area contributed by atoms with Gasteiger partial charge < -0.3 is 31.9 Å². The molecule has 6 rings (SSSR count). The van der Waals surface area contributed by atoms with Crippen molar-refractivity contribution in [2.75, 3.05) is 44.6 Å². The monoisotopic (exact) mass is 538 g/mol. The SMILES string of the molecule is CCCN.Fc1ccc(C2CC2)cc1.N/C=C\Nc1ccc(C(=O)NCC(=O)N2CCN3CCC2CC3)cc1. The van der Waals surface area contributed by atoms with Gasteiger partial charge >= 0.3 is 0 Å². The summed E-state index contributed by atoms with van der Waals surface area (Å²) in [7, 11) is 0. The number of halogens is 1. The van der Waals surface area contributed by atoms with Crippen LogP contribution in [0.1, 0.15) is 60.9 Å². The van der Waals surface area contributed by atoms with Crippen LogP contribution in [0.15, 0.2) is 60.9 Å². The number of hydrogen-bond acceptors (Lipinski definition) is 6. The van der Waals surface area contributed by atoms with Gasteiger partial charge in [-0.3, -0.25) is 9.59 Å². The number of carbonyl (C=O) groups is 2. The molecule has 6 N–H and O–H groups in total. The van der Waals surface area contributed by atoms with Crippen molar-refractivity contribution in [2.24, 2.45) is 11.5 Å². The first-order valence-electron chi connectivity index (χ1n) is 13.9. The lowest BCUT2D eigenvalue weighted by molar-refractivity contribution is -0.132. The predicted molar refractivity (Wildman–Crippen MR) is 155 cm³/mol. The molecule has 0 unspecified atom stereocenters. The Morgan fingerprint density at radius 3 is 2.18 bits per heavy atom. The molecule has 2 aromatic carbocycles. The van der Waals surface area contributed by atoms with Crippen LogP contribution in [0.3, 0.4) is 0 Å². The van der Waals surface area contributed by atoms with Gasteiger partial charge in [-0.05, 0) is 86.5 Å². The van der Waals surface area contributed by atoms with Crippen molar-refractivity contribution in [1.82, 2.24) is 15.1 Å². The van der Waals surface area contributed by atoms with Crippen LogP contribution in [-0.2, 0) is 4.79 Å². The number of rotatable bonds is 7. The van der Waals surface area contributed by atoms with Crippen LogP contribution in [0.5, 0.6) is 0 Å². The molecule has 3 aliphatic heterocycles. The van der Waals surface area contributed by atoms with Gasteiger partial charge in [0.15, 0.2) is 0 Å². The van der Waals surface area contributed by atoms with Crippen LogP contribution in [0, 0.1) is 5.82 Å². The lowest BCUT2D eigenvalue weighted by atomic mass is 10.1. The van der Waals surface area contributed by atoms with E-state index in [9.17, 15) is 14.0 Å². The predicted octanol–water partition coefficient (Wildman–Crippen LogP) is 3.62. The molecule has 4 fully saturated rings. The number of anilines is 1. The largest absolute Gasteiger partial charge is 0.403 e. The fraction of sp³-hybridized carbons (Fsp3) is 0.467. The van der Waals surface area contributed by atoms with Gasteiger partial charge in [0.2, 0.25) is 5.91 Å². The van der Waals surface area contributed by atoms with Gasteiger partial charge in [0.25, 0.3) is 5.91 Å². The van der Waals surface area contributed by atoms with Crippen LogP contribution in [0.4, 0.5) is 10.1 Å². The highest BCUT2D eigenvalue weighted by atomic mass is 19.1. The number of nitrogens with one attached hydrogen (secondary N) is 2. The second-order valence-electron chi connectivity index (χ2n) is 10.0. The van der Waals surface area contributed by atoms with Crippen LogP contribution < -0.4 is 22.1 Å². The van der Waals surface area contributed by atoms with Crippen LogP contribution in [0.2, 0.25) is 0 Å². The van der Waals surface area contributed by atoms with Crippen LogP contribution in [0.25, 0.3) is 0 Å². The number of benzene rings is 2. The van der Waals surface area contributed by atoms with Gasteiger partial charge in [-0.2, -0.15) is 0 Å². The number of nitrogens with two attached hydrogens (primary N) is 2. The molecule has 0 aromatic heterocycles. The Morgan fingerprint density at radius 1 is 0.974 bits per heavy atom. The van der Waals surface area contributed by atoms with Gasteiger partial charge in [-0.1, -0.05) is 19.1 Å². The summed E-state index contributed by atoms with van der Waals surface area (Å²) in [4.78, 5) is 29.1. The minimum absolute atomic E-state index is 0.00784. The van der Waals surface area contributed by atoms with Crippen molar-refractivity contribution in [3.63, 3.8) is 0 Å². The molecule has 0 atom stereocenters. The Labute approximate surface area is 231 Å². The summed E-state index contributed by atoms with van der Waals surface area (Å²) in [5.41, 5.74) is 13.0. The van der Waals surface area contributed by atoms with Gasteiger partial charge in [-0.25, -0.2) is 4.39 Å². The minimum Gasteiger partial charge on any atom is -0.403 e. The lowest BCUT2D eigenvalue weighted by Crippen LogP contribution is -2.46. The Kier molecular flexibility index (Phi) is 12.2. The summed E-state index contributed by atoms with van der Waals surface area (Å²) in [5, 5.41) is 5.71. The molecule has 8 nitrogen and oxygen atoms in total. The quantitative estimate of drug-likeness (QED) is 0.428. The fourth-order valence-electron chi connectivity index (χ4n) is 4.59. The molecule has 4 aliphatic rings. The standard InChI is InChI=1S/C18H25N5O2.C9H9F.C3H9N/c19-7-8-20-15-3-1-14(2-4-15)18(25)21-13-17(24)23-12-11-22-9-5-16(23)6-10-22;10-9-5-3-8(4-6-9)7-1-2-7;1-2-3-4/h1-4,7-8,16,20H,5-6,9-13,19H2,(H,21,25);3-7H,1-2H2;2-4H2,1H3/b8-7-;;. The number of piperidine rings is 1. The van der Waals surface area contributed by atoms with Crippen molar-refractivity contribution in [3.05, 3.63) is 77.9 Å². The second kappa shape index (κ2) is 15.9. The third-order valence-corrected chi connectivity index (χ3v) is 7.08. The van der Waals surface area contributed by atoms with E-state index in [4.69, 9.17) is 11.5 Å². The molecule has 2 bridgehead atoms. The summed E-state index contributed by atoms with van der Waals surface area (Å²) in [6.07, 6.45) is 8.74. The Morgan fingerprint density at radius 2 is 1.62 bits per heavy atom. The number of nitrogens with zero attached hydrogens (tertiary/aromatic N) is 2. The molecule has 2 aromatic rings. The maximum absolute atomic E-state index is 12.5. The normalized spacial score (nSPS) is 19.7. The third kappa shape index (κ3) is 10.00. The Bertz CT molecular complexity index is 1050. The molecular formula is C30H43FN6O2. The van der Waals surface area contributed by atoms with E-state index in [1.807, 2.05) is 17.0 Å². The molecule has 3 heterocycles. The van der Waals surface area contributed by atoms with E-state index in [0.29, 0.717) is 11.6 Å². The first-order valence-corrected chi connectivity index (χ1v) is 13.9. The average molecular weight is 539 g/mol. The molecule has 3 saturated heterocycles. The first kappa shape index (κ1) is 30.1. The van der Waals surface area contributed by atoms with Crippen LogP contribution >= 0.6 is 0 Å². The highest BCUT2D eigenvalue weighted by Gasteiger charge is 2.31. The number of hydrogen-bond donors (Lipinski definition) is 4. The Hall–Kier alpha value is -3.43. The first-order chi connectivity index (χ1) is 18.9. The second-order valence-corrected chi connectivity index (χ2v) is 10.0. The molecule has 39 heavy (non-hydrogen) atoms. The number of fused-ring (bicyclic) bond motifs is 4. The summed E-state index contributed by atoms with van der Waals surface area (Å²) in [5.74, 6) is 0.371. The zero-order chi connectivity index (χ0) is 28.0. The van der Waals surface area contributed by atoms with Gasteiger partial charge in [-0.15, -0.1) is 0 Å². The maximum Gasteiger partial charge on any atom is 0.251 e. The highest BCUT2D eigenvalue weighted by Crippen LogP contribution is 2.39. The summed E-state index contributed by atoms with van der Waals surface area (Å²) in [6, 6.07) is 14.2. The van der Waals surface area contributed by atoms with Crippen LogP contribution in [-0.4, -0.2) is 66.9 Å². The van der Waals surface area contributed by atoms with Gasteiger partial charge in [0.1, 0.15) is 5.82 Å². The molecular weight excluding hydrogens is 495 g/mol. The molecule has 212 valence electrons. The maximum atomic E-state index is 12.5. The summed E-state index contributed by atoms with van der Waals surface area (Å²) >= 11 is 0. The highest BCUT2D eigenvalue weighted by molar-refractivity contribution is 5.96. The molecule has 0 radical (unpaired) electrons. The van der Waals surface area contributed by atoms with E-state index in [0.717, 1.165) is 63.6 Å². The lowest BCUT2D eigenvalue weighted by Gasteiger charge is -2.31. The number of carbonyl (C=O) groups excluding carboxylic acids is 2. The van der Waals surface area contributed by atoms with E-state index in [-0.39, 0.29) is 24.2 Å². The van der Waals surface area contributed by atoms with Crippen molar-refractivity contribution >= 4 is 17.5 Å². The average Bonchev–Trinajstić information content (AvgIpc) is 3.85. The third-order valence-electron chi connectivity index (χ3n) is 7.08. The molecule has 1 aliphatic carbocycles. The van der Waals surface area contributed by atoms with Crippen molar-refractivity contribution in [3.8, 4) is 0 Å². The zero-order valence-electron chi connectivity index (χ0n) is 22.9. The topological polar surface area (TPSA) is 117 Å². The van der Waals surface area contributed by atoms with E-state index in [1.54, 1.807) is 30.5 Å². The van der Waals surface area contributed by atoms with Gasteiger partial charge in [0, 0.05) is 55.9 Å². The van der Waals surface area contributed by atoms with E-state index >= 15 is 0 Å². The van der Waals surface area contributed by atoms with E-state index < -0.39 is 0 Å². The van der Waals surface area contributed by atoms with E-state index in [1.165, 1.54) is 36.7 Å². The van der Waals surface area contributed by atoms with Crippen molar-refractivity contribution < 1.29 is 14.0 Å². The van der Waals surface area contributed by atoms with Crippen molar-refractivity contribution in [1.29, 1.82) is 0 Å². The zero-order valence-corrected chi connectivity index (χ0v) is 22.9. The minimum atomic E-state index is -0.239. The van der Waals surface area contributed by atoms with Crippen molar-refractivity contribution in [2.45, 2.75) is 51.0 Å². The smallest absolute Gasteiger partial charge is 0.251 e. The molecule has 1 saturated carbocycles. The summed E-state index contributed by atoms with van der Waals surface area (Å²) in [6.45, 7) is 6.75. The summed E-state index contributed by atoms with van der Waals surface area (Å²) < 4.78 is 12.4. The van der Waals surface area contributed by atoms with Gasteiger partial charge in [0.05, 0.1) is 6.54 Å². The molecule has 9 heteroatoms. The number of amides is 2. The molecule has 2 amide bonds. The van der Waals surface area contributed by atoms with E-state index in [2.05, 4.69) is 22.5 Å².